The number of epoxide rings is 1. The second kappa shape index (κ2) is 76.8. The van der Waals surface area contributed by atoms with Crippen molar-refractivity contribution >= 4 is 35.8 Å². The Kier molecular flexibility index (Phi) is 82.6. The van der Waals surface area contributed by atoms with Crippen LogP contribution < -0.4 is 0 Å². The summed E-state index contributed by atoms with van der Waals surface area (Å²) >= 11 is 0. The molecule has 604 valence electrons. The van der Waals surface area contributed by atoms with E-state index >= 15 is 0 Å². The van der Waals surface area contributed by atoms with Crippen LogP contribution >= 0.6 is 0 Å². The van der Waals surface area contributed by atoms with E-state index in [2.05, 4.69) is 96.9 Å². The van der Waals surface area contributed by atoms with Crippen molar-refractivity contribution in [2.24, 2.45) is 59.2 Å². The quantitative estimate of drug-likeness (QED) is 0.0251. The normalized spacial score (nSPS) is 15.4. The number of rotatable bonds is 57. The summed E-state index contributed by atoms with van der Waals surface area (Å²) in [5, 5.41) is 37.4. The summed E-state index contributed by atoms with van der Waals surface area (Å²) < 4.78 is 27.7. The van der Waals surface area contributed by atoms with Crippen LogP contribution in [0.2, 0.25) is 0 Å². The Bertz CT molecular complexity index is 1810. The lowest BCUT2D eigenvalue weighted by atomic mass is 9.91. The zero-order valence-electron chi connectivity index (χ0n) is 69.0. The highest BCUT2D eigenvalue weighted by Gasteiger charge is 2.32. The third kappa shape index (κ3) is 59.0. The molecule has 1 heterocycles. The van der Waals surface area contributed by atoms with Crippen LogP contribution in [0.25, 0.3) is 0 Å². The van der Waals surface area contributed by atoms with E-state index in [1.807, 2.05) is 41.5 Å². The summed E-state index contributed by atoms with van der Waals surface area (Å²) in [7, 11) is 0. The molecule has 100 heavy (non-hydrogen) atoms. The van der Waals surface area contributed by atoms with Crippen LogP contribution in [0.1, 0.15) is 398 Å². The fraction of sp³-hybridized carbons (Fsp3) is 0.929. The minimum atomic E-state index is -0.653. The van der Waals surface area contributed by atoms with Crippen molar-refractivity contribution in [1.82, 2.24) is 0 Å². The molecule has 1 aliphatic rings. The number of carboxylic acid groups (broad SMARTS) is 2. The van der Waals surface area contributed by atoms with E-state index in [4.69, 9.17) is 33.9 Å². The Balaban J connectivity index is -0.000000182. The van der Waals surface area contributed by atoms with Crippen LogP contribution in [-0.2, 0) is 52.5 Å². The van der Waals surface area contributed by atoms with E-state index < -0.39 is 24.1 Å². The number of aliphatic hydroxyl groups is 2. The third-order valence-corrected chi connectivity index (χ3v) is 19.7. The number of carbonyl (C=O) groups is 6. The van der Waals surface area contributed by atoms with Gasteiger partial charge in [0.05, 0.1) is 60.4 Å². The zero-order chi connectivity index (χ0) is 76.2. The molecule has 0 bridgehead atoms. The monoisotopic (exact) mass is 1440 g/mol. The molecule has 12 atom stereocenters. The lowest BCUT2D eigenvalue weighted by Crippen LogP contribution is -2.35. The lowest BCUT2D eigenvalue weighted by molar-refractivity contribution is -0.168. The van der Waals surface area contributed by atoms with Gasteiger partial charge >= 0.3 is 35.8 Å². The predicted octanol–water partition coefficient (Wildman–Crippen LogP) is 22.6. The van der Waals surface area contributed by atoms with Gasteiger partial charge in [-0.1, -0.05) is 273 Å². The standard InChI is InChI=1S/C26H50O4.2C17H34O3.C9H18O.C8H16O2.C7H14O2.H2O.2H2/c1-7-13-18-22(16-10-4)24(30-26(28)21(12-6)15-9-3)20-29-25(27)23(17-11-5)19-14-8-2;1-5-9-11-14(7-3)16(18)13-20-17(19)15(8-4)12-10-6-2;1-5-9-12-14(8-4)17(19)20-13-16(18)15(10-6-2)11-7-3;1-3-5-8(6-4-2)9-7-10-9;1-3-5-6-7(4-2)8(9)10;1-3-5-6(4-2)7(8)9;;;/h21-24H,7-20H2,1-6H3;2*14-16,18H,5-13H2,1-4H3;8-9H,3-7H2,1-2H3;7H,3-6H2,1-2H3,(H,9,10);6H,3-5H2,1-2H3,(H,8,9);1H2;2*1H/i;;;;;;;2*1+1. The first-order valence-electron chi connectivity index (χ1n) is 41.6. The van der Waals surface area contributed by atoms with Gasteiger partial charge < -0.3 is 49.6 Å². The summed E-state index contributed by atoms with van der Waals surface area (Å²) in [6.45, 7) is 43.5. The molecule has 0 aliphatic carbocycles. The molecule has 12 unspecified atom stereocenters. The van der Waals surface area contributed by atoms with Crippen LogP contribution in [0.3, 0.4) is 0 Å². The van der Waals surface area contributed by atoms with E-state index in [0.717, 1.165) is 244 Å². The van der Waals surface area contributed by atoms with Gasteiger partial charge in [-0.05, 0) is 146 Å². The van der Waals surface area contributed by atoms with Crippen LogP contribution in [0, 0.1) is 59.2 Å². The SMILES string of the molecule is CCCC(CC)C(=O)O.CCCC(CCC)C1CO1.CCCCC(CC)C(=O)O.CCCCC(CC)C(=O)OCC(O)C(CC)CCCC.CCCCC(CC)C(=O)OCC(O)C(CCC)CCC.CCCCC(CCC)C(=O)OCC(OC(=O)C(CC)CCC)C(CCC)CCCC.O.[2HH].[2HH]. The number of hydrogen-bond donors (Lipinski definition) is 4. The van der Waals surface area contributed by atoms with Crippen molar-refractivity contribution in [2.75, 3.05) is 26.4 Å². The zero-order valence-corrected chi connectivity index (χ0v) is 69.0. The van der Waals surface area contributed by atoms with E-state index in [0.29, 0.717) is 6.10 Å². The van der Waals surface area contributed by atoms with Crippen molar-refractivity contribution in [3.8, 4) is 0 Å². The molecule has 0 saturated carbocycles. The molecule has 6 N–H and O–H groups in total. The summed E-state index contributed by atoms with van der Waals surface area (Å²) in [5.41, 5.74) is 0. The molecule has 16 heteroatoms. The van der Waals surface area contributed by atoms with E-state index in [1.54, 1.807) is 0 Å². The third-order valence-electron chi connectivity index (χ3n) is 19.7. The van der Waals surface area contributed by atoms with Crippen LogP contribution in [0.4, 0.5) is 0 Å². The molecule has 0 spiro atoms. The molecule has 1 fully saturated rings. The van der Waals surface area contributed by atoms with Gasteiger partial charge in [0.15, 0.2) is 0 Å². The Morgan fingerprint density at radius 3 is 0.940 bits per heavy atom. The van der Waals surface area contributed by atoms with Crippen molar-refractivity contribution in [3.05, 3.63) is 0 Å². The van der Waals surface area contributed by atoms with Crippen LogP contribution in [0.5, 0.6) is 0 Å². The number of ether oxygens (including phenoxy) is 5. The first kappa shape index (κ1) is 108. The van der Waals surface area contributed by atoms with Crippen molar-refractivity contribution < 1.29 is 81.2 Å². The number of aliphatic hydroxyl groups excluding tert-OH is 2. The number of carbonyl (C=O) groups excluding carboxylic acids is 4. The molecule has 0 aromatic heterocycles. The largest absolute Gasteiger partial charge is 0.481 e. The van der Waals surface area contributed by atoms with E-state index in [1.165, 1.54) is 25.7 Å². The van der Waals surface area contributed by atoms with Gasteiger partial charge in [-0.15, -0.1) is 0 Å². The van der Waals surface area contributed by atoms with Gasteiger partial charge in [0, 0.05) is 2.85 Å². The maximum atomic E-state index is 12.8. The molecular formula is C84H172O16. The first-order valence-corrected chi connectivity index (χ1v) is 41.6. The predicted molar refractivity (Wildman–Crippen MR) is 421 cm³/mol. The van der Waals surface area contributed by atoms with Gasteiger partial charge in [-0.3, -0.25) is 28.8 Å². The van der Waals surface area contributed by atoms with Crippen molar-refractivity contribution in [2.45, 2.75) is 420 Å². The van der Waals surface area contributed by atoms with Gasteiger partial charge in [-0.25, -0.2) is 0 Å². The second-order valence-electron chi connectivity index (χ2n) is 28.4. The Morgan fingerprint density at radius 2 is 0.610 bits per heavy atom. The van der Waals surface area contributed by atoms with Crippen LogP contribution in [-0.4, -0.2) is 113 Å². The smallest absolute Gasteiger partial charge is 0.309 e. The number of hydrogen-bond acceptors (Lipinski definition) is 13. The summed E-state index contributed by atoms with van der Waals surface area (Å²) in [4.78, 5) is 70.3. The molecule has 0 aromatic rings. The first-order chi connectivity index (χ1) is 47.5. The van der Waals surface area contributed by atoms with E-state index in [9.17, 15) is 39.0 Å². The highest BCUT2D eigenvalue weighted by atomic mass is 16.6. The average molecular weight is 1440 g/mol. The van der Waals surface area contributed by atoms with Crippen molar-refractivity contribution in [1.29, 1.82) is 0 Å². The van der Waals surface area contributed by atoms with Gasteiger partial charge in [0.2, 0.25) is 0 Å². The number of carboxylic acids is 2. The molecular weight excluding hydrogens is 1260 g/mol. The number of esters is 4. The minimum absolute atomic E-state index is 0. The maximum Gasteiger partial charge on any atom is 0.309 e. The van der Waals surface area contributed by atoms with Crippen LogP contribution in [0.15, 0.2) is 0 Å². The fourth-order valence-corrected chi connectivity index (χ4v) is 12.7. The molecule has 1 aliphatic heterocycles. The number of aliphatic carboxylic acids is 2. The molecule has 1 rings (SSSR count). The molecule has 1 saturated heterocycles. The maximum absolute atomic E-state index is 12.8. The molecule has 0 aromatic carbocycles. The highest BCUT2D eigenvalue weighted by Crippen LogP contribution is 2.29. The highest BCUT2D eigenvalue weighted by molar-refractivity contribution is 5.74. The minimum Gasteiger partial charge on any atom is -0.481 e. The topological polar surface area (TPSA) is 264 Å². The Labute approximate surface area is 619 Å². The summed E-state index contributed by atoms with van der Waals surface area (Å²) in [6, 6.07) is 0. The van der Waals surface area contributed by atoms with Gasteiger partial charge in [-0.2, -0.15) is 0 Å². The Hall–Kier alpha value is -3.34. The van der Waals surface area contributed by atoms with Crippen molar-refractivity contribution in [3.63, 3.8) is 0 Å². The molecule has 0 radical (unpaired) electrons. The van der Waals surface area contributed by atoms with Gasteiger partial charge in [0.1, 0.15) is 25.9 Å². The number of unbranched alkanes of at least 4 members (excludes halogenated alkanes) is 6. The Morgan fingerprint density at radius 1 is 0.330 bits per heavy atom. The molecule has 0 amide bonds. The molecule has 16 nitrogen and oxygen atoms in total. The average Bonchev–Trinajstić information content (AvgIpc) is 1.86. The van der Waals surface area contributed by atoms with Gasteiger partial charge in [0.25, 0.3) is 0 Å². The lowest BCUT2D eigenvalue weighted by Gasteiger charge is -2.29. The van der Waals surface area contributed by atoms with E-state index in [-0.39, 0.29) is 111 Å². The second-order valence-corrected chi connectivity index (χ2v) is 28.4. The summed E-state index contributed by atoms with van der Waals surface area (Å²) in [5.74, 6) is -0.480. The summed E-state index contributed by atoms with van der Waals surface area (Å²) in [6.07, 6.45) is 39.7. The fourth-order valence-electron chi connectivity index (χ4n) is 12.7.